The van der Waals surface area contributed by atoms with Crippen LogP contribution in [0.4, 0.5) is 10.1 Å². The summed E-state index contributed by atoms with van der Waals surface area (Å²) in [6.45, 7) is 4.19. The van der Waals surface area contributed by atoms with Gasteiger partial charge >= 0.3 is 0 Å². The molecule has 5 heteroatoms. The summed E-state index contributed by atoms with van der Waals surface area (Å²) in [5, 5.41) is 18.2. The van der Waals surface area contributed by atoms with Gasteiger partial charge in [0.2, 0.25) is 0 Å². The van der Waals surface area contributed by atoms with E-state index in [1.807, 2.05) is 6.07 Å². The van der Waals surface area contributed by atoms with Crippen LogP contribution in [0.5, 0.6) is 0 Å². The van der Waals surface area contributed by atoms with E-state index >= 15 is 0 Å². The van der Waals surface area contributed by atoms with Crippen LogP contribution in [-0.4, -0.2) is 47.8 Å². The van der Waals surface area contributed by atoms with Crippen molar-refractivity contribution in [3.05, 3.63) is 29.6 Å². The molecule has 1 aromatic rings. The van der Waals surface area contributed by atoms with Gasteiger partial charge in [-0.3, -0.25) is 4.90 Å². The number of piperazine rings is 1. The van der Waals surface area contributed by atoms with Crippen molar-refractivity contribution in [3.63, 3.8) is 0 Å². The zero-order chi connectivity index (χ0) is 14.3. The zero-order valence-corrected chi connectivity index (χ0v) is 11.5. The Morgan fingerprint density at radius 2 is 2.15 bits per heavy atom. The molecule has 20 heavy (non-hydrogen) atoms. The van der Waals surface area contributed by atoms with Crippen LogP contribution in [0.3, 0.4) is 0 Å². The van der Waals surface area contributed by atoms with Crippen LogP contribution in [0.15, 0.2) is 18.2 Å². The number of fused-ring (bicyclic) bond motifs is 2. The monoisotopic (exact) mass is 275 g/mol. The lowest BCUT2D eigenvalue weighted by Crippen LogP contribution is -2.69. The van der Waals surface area contributed by atoms with Crippen molar-refractivity contribution in [2.24, 2.45) is 0 Å². The van der Waals surface area contributed by atoms with E-state index in [2.05, 4.69) is 9.80 Å². The molecule has 0 radical (unpaired) electrons. The minimum Gasteiger partial charge on any atom is -0.392 e. The van der Waals surface area contributed by atoms with E-state index in [4.69, 9.17) is 5.26 Å². The van der Waals surface area contributed by atoms with Crippen LogP contribution in [0.25, 0.3) is 0 Å². The molecule has 3 saturated heterocycles. The average Bonchev–Trinajstić information content (AvgIpc) is 2.40. The normalized spacial score (nSPS) is 26.8. The van der Waals surface area contributed by atoms with Crippen molar-refractivity contribution >= 4 is 5.69 Å². The van der Waals surface area contributed by atoms with Gasteiger partial charge in [0.1, 0.15) is 5.82 Å². The van der Waals surface area contributed by atoms with Crippen LogP contribution < -0.4 is 4.90 Å². The molecule has 0 spiro atoms. The van der Waals surface area contributed by atoms with E-state index in [9.17, 15) is 9.50 Å². The lowest BCUT2D eigenvalue weighted by molar-refractivity contribution is 0.0652. The minimum atomic E-state index is -0.326. The Morgan fingerprint density at radius 3 is 2.70 bits per heavy atom. The van der Waals surface area contributed by atoms with E-state index < -0.39 is 0 Å². The van der Waals surface area contributed by atoms with Crippen LogP contribution in [0, 0.1) is 17.1 Å². The van der Waals surface area contributed by atoms with Crippen molar-refractivity contribution in [3.8, 4) is 6.07 Å². The molecule has 0 amide bonds. The highest BCUT2D eigenvalue weighted by molar-refractivity contribution is 5.56. The molecule has 3 aliphatic heterocycles. The highest BCUT2D eigenvalue weighted by atomic mass is 19.1. The van der Waals surface area contributed by atoms with Crippen molar-refractivity contribution in [2.45, 2.75) is 31.5 Å². The second-order valence-corrected chi connectivity index (χ2v) is 5.80. The first kappa shape index (κ1) is 13.3. The zero-order valence-electron chi connectivity index (χ0n) is 11.5. The molecule has 3 heterocycles. The van der Waals surface area contributed by atoms with Crippen molar-refractivity contribution in [2.75, 3.05) is 24.5 Å². The van der Waals surface area contributed by atoms with E-state index in [0.717, 1.165) is 19.5 Å². The second kappa shape index (κ2) is 5.04. The van der Waals surface area contributed by atoms with E-state index in [1.165, 1.54) is 6.07 Å². The standard InChI is InChI=1S/C15H18FN3O/c1-10(20)7-18-8-12-5-13(9-18)19(12)15-3-2-11(6-17)4-14(15)16/h2-4,10,12-13,20H,5,7-9H2,1H3. The summed E-state index contributed by atoms with van der Waals surface area (Å²) in [5.74, 6) is -0.317. The maximum atomic E-state index is 14.1. The molecule has 4 nitrogen and oxygen atoms in total. The Balaban J connectivity index is 1.74. The molecular formula is C15H18FN3O. The Labute approximate surface area is 118 Å². The summed E-state index contributed by atoms with van der Waals surface area (Å²) < 4.78 is 14.1. The summed E-state index contributed by atoms with van der Waals surface area (Å²) in [7, 11) is 0. The maximum absolute atomic E-state index is 14.1. The van der Waals surface area contributed by atoms with Crippen molar-refractivity contribution < 1.29 is 9.50 Å². The topological polar surface area (TPSA) is 50.5 Å². The number of nitriles is 1. The van der Waals surface area contributed by atoms with Gasteiger partial charge in [0, 0.05) is 31.7 Å². The molecule has 3 unspecified atom stereocenters. The highest BCUT2D eigenvalue weighted by Gasteiger charge is 2.45. The molecule has 3 aliphatic rings. The number of anilines is 1. The van der Waals surface area contributed by atoms with Gasteiger partial charge < -0.3 is 10.0 Å². The summed E-state index contributed by atoms with van der Waals surface area (Å²) in [5.41, 5.74) is 0.953. The average molecular weight is 275 g/mol. The Kier molecular flexibility index (Phi) is 3.36. The summed E-state index contributed by atoms with van der Waals surface area (Å²) in [6, 6.07) is 7.26. The largest absolute Gasteiger partial charge is 0.392 e. The van der Waals surface area contributed by atoms with Gasteiger partial charge in [0.05, 0.1) is 23.4 Å². The molecule has 4 rings (SSSR count). The SMILES string of the molecule is CC(O)CN1CC2CC(C1)N2c1ccc(C#N)cc1F. The fourth-order valence-electron chi connectivity index (χ4n) is 3.40. The number of hydrogen-bond donors (Lipinski definition) is 1. The number of aliphatic hydroxyl groups excluding tert-OH is 1. The van der Waals surface area contributed by atoms with Crippen LogP contribution in [0.2, 0.25) is 0 Å². The molecule has 3 fully saturated rings. The molecule has 0 aromatic heterocycles. The molecule has 0 aliphatic carbocycles. The lowest BCUT2D eigenvalue weighted by Gasteiger charge is -2.57. The lowest BCUT2D eigenvalue weighted by atomic mass is 9.86. The number of piperidine rings is 1. The highest BCUT2D eigenvalue weighted by Crippen LogP contribution is 2.38. The van der Waals surface area contributed by atoms with Crippen LogP contribution in [-0.2, 0) is 0 Å². The second-order valence-electron chi connectivity index (χ2n) is 5.80. The van der Waals surface area contributed by atoms with E-state index in [0.29, 0.717) is 29.9 Å². The maximum Gasteiger partial charge on any atom is 0.147 e. The third-order valence-corrected chi connectivity index (χ3v) is 4.15. The van der Waals surface area contributed by atoms with Gasteiger partial charge in [-0.15, -0.1) is 0 Å². The molecule has 1 aromatic carbocycles. The first-order valence-electron chi connectivity index (χ1n) is 6.97. The van der Waals surface area contributed by atoms with Gasteiger partial charge in [-0.25, -0.2) is 4.39 Å². The minimum absolute atomic E-state index is 0.315. The van der Waals surface area contributed by atoms with E-state index in [-0.39, 0.29) is 11.9 Å². The number of nitrogens with zero attached hydrogens (tertiary/aromatic N) is 3. The molecular weight excluding hydrogens is 257 g/mol. The quantitative estimate of drug-likeness (QED) is 0.904. The number of halogens is 1. The predicted molar refractivity (Wildman–Crippen MR) is 73.9 cm³/mol. The number of benzene rings is 1. The first-order valence-corrected chi connectivity index (χ1v) is 6.97. The van der Waals surface area contributed by atoms with Crippen LogP contribution in [0.1, 0.15) is 18.9 Å². The smallest absolute Gasteiger partial charge is 0.147 e. The van der Waals surface area contributed by atoms with Gasteiger partial charge in [-0.1, -0.05) is 0 Å². The van der Waals surface area contributed by atoms with Crippen molar-refractivity contribution in [1.82, 2.24) is 4.90 Å². The third-order valence-electron chi connectivity index (χ3n) is 4.15. The Morgan fingerprint density at radius 1 is 1.45 bits per heavy atom. The van der Waals surface area contributed by atoms with Crippen molar-refractivity contribution in [1.29, 1.82) is 5.26 Å². The Hall–Kier alpha value is -1.64. The van der Waals surface area contributed by atoms with Gasteiger partial charge in [-0.2, -0.15) is 5.26 Å². The fraction of sp³-hybridized carbons (Fsp3) is 0.533. The molecule has 3 atom stereocenters. The third kappa shape index (κ3) is 2.26. The number of hydrogen-bond acceptors (Lipinski definition) is 4. The van der Waals surface area contributed by atoms with Gasteiger partial charge in [-0.05, 0) is 31.5 Å². The first-order chi connectivity index (χ1) is 9.58. The summed E-state index contributed by atoms with van der Waals surface area (Å²) in [6.07, 6.45) is 0.753. The van der Waals surface area contributed by atoms with Gasteiger partial charge in [0.15, 0.2) is 0 Å². The van der Waals surface area contributed by atoms with Crippen LogP contribution >= 0.6 is 0 Å². The predicted octanol–water partition coefficient (Wildman–Crippen LogP) is 1.34. The molecule has 106 valence electrons. The Bertz CT molecular complexity index is 543. The molecule has 0 saturated carbocycles. The van der Waals surface area contributed by atoms with Gasteiger partial charge in [0.25, 0.3) is 0 Å². The molecule has 1 N–H and O–H groups in total. The summed E-state index contributed by atoms with van der Waals surface area (Å²) >= 11 is 0. The van der Waals surface area contributed by atoms with E-state index in [1.54, 1.807) is 19.1 Å². The fourth-order valence-corrected chi connectivity index (χ4v) is 3.40. The number of rotatable bonds is 3. The number of aliphatic hydroxyl groups is 1. The summed E-state index contributed by atoms with van der Waals surface area (Å²) in [4.78, 5) is 4.36. The molecule has 2 bridgehead atoms.